The van der Waals surface area contributed by atoms with Crippen molar-refractivity contribution in [3.05, 3.63) is 23.7 Å². The molecule has 2 fully saturated rings. The number of nitrogens with zero attached hydrogens (tertiary/aromatic N) is 2. The molecule has 1 aromatic rings. The predicted octanol–water partition coefficient (Wildman–Crippen LogP) is 2.79. The van der Waals surface area contributed by atoms with Gasteiger partial charge in [0.15, 0.2) is 0 Å². The second-order valence-corrected chi connectivity index (χ2v) is 7.74. The van der Waals surface area contributed by atoms with Gasteiger partial charge in [-0.2, -0.15) is 0 Å². The molecule has 6 nitrogen and oxygen atoms in total. The molecule has 0 N–H and O–H groups in total. The monoisotopic (exact) mass is 366 g/mol. The van der Waals surface area contributed by atoms with Crippen molar-refractivity contribution in [3.8, 4) is 0 Å². The number of carbonyl (C=O) groups is 2. The summed E-state index contributed by atoms with van der Waals surface area (Å²) >= 11 is 1.74. The summed E-state index contributed by atoms with van der Waals surface area (Å²) in [6.07, 6.45) is 4.16. The number of thioether (sulfide) groups is 1. The van der Waals surface area contributed by atoms with E-state index in [0.29, 0.717) is 12.2 Å². The van der Waals surface area contributed by atoms with Gasteiger partial charge in [0, 0.05) is 25.6 Å². The van der Waals surface area contributed by atoms with Gasteiger partial charge in [0.2, 0.25) is 5.91 Å². The Balaban J connectivity index is 1.58. The Morgan fingerprint density at radius 2 is 2.12 bits per heavy atom. The molecule has 2 aliphatic rings. The zero-order chi connectivity index (χ0) is 17.6. The topological polar surface area (TPSA) is 63.0 Å². The van der Waals surface area contributed by atoms with Gasteiger partial charge in [-0.05, 0) is 51.0 Å². The van der Waals surface area contributed by atoms with Gasteiger partial charge in [-0.3, -0.25) is 9.59 Å². The normalized spacial score (nSPS) is 21.7. The van der Waals surface area contributed by atoms with Crippen LogP contribution in [-0.2, 0) is 20.9 Å². The molecule has 2 aliphatic heterocycles. The molecule has 1 amide bonds. The number of esters is 1. The maximum absolute atomic E-state index is 12.4. The number of hydrogen-bond donors (Lipinski definition) is 0. The van der Waals surface area contributed by atoms with Crippen molar-refractivity contribution in [2.75, 3.05) is 31.9 Å². The van der Waals surface area contributed by atoms with Gasteiger partial charge in [-0.1, -0.05) is 0 Å². The molecule has 25 heavy (non-hydrogen) atoms. The minimum Gasteiger partial charge on any atom is -0.459 e. The Labute approximate surface area is 152 Å². The molecule has 0 aromatic carbocycles. The van der Waals surface area contributed by atoms with Gasteiger partial charge >= 0.3 is 5.97 Å². The van der Waals surface area contributed by atoms with Crippen molar-refractivity contribution in [3.63, 3.8) is 0 Å². The molecule has 0 radical (unpaired) electrons. The van der Waals surface area contributed by atoms with Gasteiger partial charge in [0.25, 0.3) is 0 Å². The number of amides is 1. The SMILES string of the molecule is CC(=O)OCc1ccc(C2SCCC(=O)N2CCCN2CCCC2)o1. The van der Waals surface area contributed by atoms with E-state index in [9.17, 15) is 9.59 Å². The fraction of sp³-hybridized carbons (Fsp3) is 0.667. The quantitative estimate of drug-likeness (QED) is 0.692. The Morgan fingerprint density at radius 1 is 1.32 bits per heavy atom. The zero-order valence-electron chi connectivity index (χ0n) is 14.7. The third kappa shape index (κ3) is 5.01. The van der Waals surface area contributed by atoms with E-state index < -0.39 is 0 Å². The molecule has 1 unspecified atom stereocenters. The minimum atomic E-state index is -0.330. The van der Waals surface area contributed by atoms with Crippen LogP contribution < -0.4 is 0 Å². The van der Waals surface area contributed by atoms with Crippen molar-refractivity contribution >= 4 is 23.6 Å². The summed E-state index contributed by atoms with van der Waals surface area (Å²) in [7, 11) is 0. The van der Waals surface area contributed by atoms with Crippen molar-refractivity contribution < 1.29 is 18.7 Å². The van der Waals surface area contributed by atoms with Gasteiger partial charge in [0.05, 0.1) is 0 Å². The van der Waals surface area contributed by atoms with Crippen LogP contribution in [0.15, 0.2) is 16.5 Å². The van der Waals surface area contributed by atoms with Gasteiger partial charge in [-0.25, -0.2) is 0 Å². The minimum absolute atomic E-state index is 0.0779. The van der Waals surface area contributed by atoms with E-state index >= 15 is 0 Å². The highest BCUT2D eigenvalue weighted by atomic mass is 32.2. The average molecular weight is 366 g/mol. The number of hydrogen-bond acceptors (Lipinski definition) is 6. The summed E-state index contributed by atoms with van der Waals surface area (Å²) < 4.78 is 10.8. The van der Waals surface area contributed by atoms with E-state index in [0.717, 1.165) is 31.0 Å². The van der Waals surface area contributed by atoms with Gasteiger partial charge in [-0.15, -0.1) is 11.8 Å². The Morgan fingerprint density at radius 3 is 2.88 bits per heavy atom. The summed E-state index contributed by atoms with van der Waals surface area (Å²) in [5.41, 5.74) is 0. The first kappa shape index (κ1) is 18.3. The van der Waals surface area contributed by atoms with E-state index in [4.69, 9.17) is 9.15 Å². The highest BCUT2D eigenvalue weighted by molar-refractivity contribution is 7.99. The standard InChI is InChI=1S/C18H26N2O4S/c1-14(21)23-13-15-5-6-16(24-15)18-20(17(22)7-12-25-18)11-4-10-19-8-2-3-9-19/h5-6,18H,2-4,7-13H2,1H3. The first-order valence-electron chi connectivity index (χ1n) is 8.99. The molecule has 7 heteroatoms. The fourth-order valence-corrected chi connectivity index (χ4v) is 4.56. The molecule has 1 atom stereocenters. The van der Waals surface area contributed by atoms with Crippen LogP contribution in [0, 0.1) is 0 Å². The third-order valence-electron chi connectivity index (χ3n) is 4.61. The largest absolute Gasteiger partial charge is 0.459 e. The van der Waals surface area contributed by atoms with Crippen molar-refractivity contribution in [1.82, 2.24) is 9.80 Å². The number of likely N-dealkylation sites (tertiary alicyclic amines) is 1. The van der Waals surface area contributed by atoms with Crippen molar-refractivity contribution in [1.29, 1.82) is 0 Å². The smallest absolute Gasteiger partial charge is 0.303 e. The lowest BCUT2D eigenvalue weighted by Crippen LogP contribution is -2.39. The summed E-state index contributed by atoms with van der Waals surface area (Å²) in [5.74, 6) is 2.06. The van der Waals surface area contributed by atoms with E-state index in [1.165, 1.54) is 32.9 Å². The van der Waals surface area contributed by atoms with Crippen LogP contribution in [0.1, 0.15) is 49.5 Å². The van der Waals surface area contributed by atoms with Crippen LogP contribution in [0.4, 0.5) is 0 Å². The van der Waals surface area contributed by atoms with Crippen LogP contribution in [0.3, 0.4) is 0 Å². The summed E-state index contributed by atoms with van der Waals surface area (Å²) in [6.45, 7) is 5.69. The Kier molecular flexibility index (Phi) is 6.42. The number of rotatable bonds is 7. The molecular formula is C18H26N2O4S. The zero-order valence-corrected chi connectivity index (χ0v) is 15.6. The van der Waals surface area contributed by atoms with Crippen LogP contribution in [-0.4, -0.2) is 53.6 Å². The molecule has 138 valence electrons. The fourth-order valence-electron chi connectivity index (χ4n) is 3.35. The summed E-state index contributed by atoms with van der Waals surface area (Å²) in [6, 6.07) is 3.71. The molecule has 0 bridgehead atoms. The van der Waals surface area contributed by atoms with Crippen molar-refractivity contribution in [2.24, 2.45) is 0 Å². The van der Waals surface area contributed by atoms with E-state index in [1.54, 1.807) is 11.8 Å². The van der Waals surface area contributed by atoms with Gasteiger partial charge < -0.3 is 19.0 Å². The molecule has 3 heterocycles. The van der Waals surface area contributed by atoms with Crippen LogP contribution in [0.2, 0.25) is 0 Å². The molecule has 1 aromatic heterocycles. The first-order valence-corrected chi connectivity index (χ1v) is 10.0. The lowest BCUT2D eigenvalue weighted by atomic mass is 10.2. The molecule has 0 aliphatic carbocycles. The lowest BCUT2D eigenvalue weighted by Gasteiger charge is -2.34. The summed E-state index contributed by atoms with van der Waals surface area (Å²) in [4.78, 5) is 27.8. The molecular weight excluding hydrogens is 340 g/mol. The third-order valence-corrected chi connectivity index (χ3v) is 5.85. The number of carbonyl (C=O) groups excluding carboxylic acids is 2. The van der Waals surface area contributed by atoms with Crippen LogP contribution >= 0.6 is 11.8 Å². The first-order chi connectivity index (χ1) is 12.1. The van der Waals surface area contributed by atoms with Crippen LogP contribution in [0.25, 0.3) is 0 Å². The second-order valence-electron chi connectivity index (χ2n) is 6.55. The predicted molar refractivity (Wildman–Crippen MR) is 96.0 cm³/mol. The van der Waals surface area contributed by atoms with Crippen molar-refractivity contribution in [2.45, 2.75) is 44.6 Å². The second kappa shape index (κ2) is 8.76. The van der Waals surface area contributed by atoms with E-state index in [2.05, 4.69) is 4.90 Å². The number of ether oxygens (including phenoxy) is 1. The highest BCUT2D eigenvalue weighted by Crippen LogP contribution is 2.38. The lowest BCUT2D eigenvalue weighted by molar-refractivity contribution is -0.142. The highest BCUT2D eigenvalue weighted by Gasteiger charge is 2.31. The molecule has 0 saturated carbocycles. The average Bonchev–Trinajstić information content (AvgIpc) is 3.26. The molecule has 3 rings (SSSR count). The van der Waals surface area contributed by atoms with E-state index in [-0.39, 0.29) is 23.9 Å². The maximum atomic E-state index is 12.4. The molecule has 0 spiro atoms. The number of furan rings is 1. The van der Waals surface area contributed by atoms with E-state index in [1.807, 2.05) is 17.0 Å². The van der Waals surface area contributed by atoms with Gasteiger partial charge in [0.1, 0.15) is 23.5 Å². The molecule has 2 saturated heterocycles. The summed E-state index contributed by atoms with van der Waals surface area (Å²) in [5, 5.41) is -0.0779. The Bertz CT molecular complexity index is 598. The maximum Gasteiger partial charge on any atom is 0.303 e. The van der Waals surface area contributed by atoms with Crippen LogP contribution in [0.5, 0.6) is 0 Å². The Hall–Kier alpha value is -1.47.